The lowest BCUT2D eigenvalue weighted by Crippen LogP contribution is -2.43. The van der Waals surface area contributed by atoms with E-state index in [4.69, 9.17) is 9.47 Å². The first-order valence-electron chi connectivity index (χ1n) is 8.67. The zero-order chi connectivity index (χ0) is 18.9. The molecule has 1 aromatic heterocycles. The summed E-state index contributed by atoms with van der Waals surface area (Å²) in [5, 5.41) is 20.8. The molecule has 1 saturated heterocycles. The Bertz CT molecular complexity index is 754. The highest BCUT2D eigenvalue weighted by Gasteiger charge is 2.36. The van der Waals surface area contributed by atoms with Crippen molar-refractivity contribution in [2.45, 2.75) is 49.7 Å². The number of fused-ring (bicyclic) bond motifs is 1. The molecule has 1 N–H and O–H groups in total. The molecule has 2 aliphatic heterocycles. The Morgan fingerprint density at radius 2 is 2.08 bits per heavy atom. The number of aromatic amines is 1. The van der Waals surface area contributed by atoms with Crippen LogP contribution in [0, 0.1) is 11.3 Å². The van der Waals surface area contributed by atoms with Crippen molar-refractivity contribution in [3.63, 3.8) is 0 Å². The maximum Gasteiger partial charge on any atom is 0.281 e. The molecule has 0 aliphatic carbocycles. The van der Waals surface area contributed by atoms with Gasteiger partial charge in [0.25, 0.3) is 5.82 Å². The number of carbonyl (C=O) groups excluding carboxylic acids is 1. The molecule has 0 unspecified atom stereocenters. The van der Waals surface area contributed by atoms with Gasteiger partial charge in [-0.1, -0.05) is 11.8 Å². The Balaban J connectivity index is 2.12. The van der Waals surface area contributed by atoms with Gasteiger partial charge in [0.2, 0.25) is 0 Å². The molecule has 0 aromatic carbocycles. The number of morpholine rings is 1. The van der Waals surface area contributed by atoms with Gasteiger partial charge in [0.1, 0.15) is 24.7 Å². The molecule has 0 saturated carbocycles. The number of aliphatic carboxylic acids is 1. The summed E-state index contributed by atoms with van der Waals surface area (Å²) in [6.45, 7) is 8.71. The Morgan fingerprint density at radius 1 is 1.38 bits per heavy atom. The Kier molecular flexibility index (Phi) is 5.42. The standard InChI is InChI=1S/C18H23N3O4S/c1-11(17(22)23)26-16-13(9-19)12-8-18(2,3)25-10-14(12)15(20-16)21-4-6-24-7-5-21/h11H,4-8,10H2,1-3H3,(H,22,23)/t11-/m1/s1. The van der Waals surface area contributed by atoms with Crippen LogP contribution in [0.25, 0.3) is 0 Å². The zero-order valence-corrected chi connectivity index (χ0v) is 16.1. The minimum Gasteiger partial charge on any atom is -0.549 e. The number of ether oxygens (including phenoxy) is 2. The quantitative estimate of drug-likeness (QED) is 0.695. The third kappa shape index (κ3) is 3.80. The second-order valence-corrected chi connectivity index (χ2v) is 8.50. The number of thioether (sulfide) groups is 1. The molecular weight excluding hydrogens is 354 g/mol. The van der Waals surface area contributed by atoms with Crippen LogP contribution >= 0.6 is 11.8 Å². The number of nitriles is 1. The maximum absolute atomic E-state index is 11.2. The van der Waals surface area contributed by atoms with Gasteiger partial charge in [-0.3, -0.25) is 4.90 Å². The fraction of sp³-hybridized carbons (Fsp3) is 0.611. The minimum atomic E-state index is -1.15. The summed E-state index contributed by atoms with van der Waals surface area (Å²) in [5.74, 6) is -0.257. The maximum atomic E-state index is 11.2. The van der Waals surface area contributed by atoms with Gasteiger partial charge in [-0.05, 0) is 26.3 Å². The van der Waals surface area contributed by atoms with E-state index >= 15 is 0 Å². The number of anilines is 1. The summed E-state index contributed by atoms with van der Waals surface area (Å²) in [4.78, 5) is 16.7. The predicted molar refractivity (Wildman–Crippen MR) is 93.6 cm³/mol. The average Bonchev–Trinajstić information content (AvgIpc) is 2.60. The summed E-state index contributed by atoms with van der Waals surface area (Å²) in [6.07, 6.45) is 0.602. The summed E-state index contributed by atoms with van der Waals surface area (Å²) in [6, 6.07) is 2.27. The van der Waals surface area contributed by atoms with Crippen molar-refractivity contribution in [1.29, 1.82) is 5.26 Å². The number of rotatable bonds is 4. The van der Waals surface area contributed by atoms with Crippen molar-refractivity contribution in [3.05, 3.63) is 16.7 Å². The van der Waals surface area contributed by atoms with E-state index in [1.165, 1.54) is 0 Å². The number of hydrogen-bond donors (Lipinski definition) is 0. The molecule has 7 nitrogen and oxygen atoms in total. The highest BCUT2D eigenvalue weighted by molar-refractivity contribution is 8.00. The number of carboxylic acids is 1. The first kappa shape index (κ1) is 19.0. The van der Waals surface area contributed by atoms with Crippen molar-refractivity contribution in [2.24, 2.45) is 0 Å². The Hall–Kier alpha value is -1.82. The van der Waals surface area contributed by atoms with Crippen LogP contribution in [0.15, 0.2) is 5.03 Å². The van der Waals surface area contributed by atoms with Crippen molar-refractivity contribution in [1.82, 2.24) is 0 Å². The predicted octanol–water partition coefficient (Wildman–Crippen LogP) is 0.291. The summed E-state index contributed by atoms with van der Waals surface area (Å²) < 4.78 is 11.4. The lowest BCUT2D eigenvalue weighted by atomic mass is 9.89. The fourth-order valence-corrected chi connectivity index (χ4v) is 4.15. The van der Waals surface area contributed by atoms with E-state index in [1.54, 1.807) is 6.92 Å². The molecule has 1 aromatic rings. The van der Waals surface area contributed by atoms with E-state index in [9.17, 15) is 15.2 Å². The van der Waals surface area contributed by atoms with E-state index in [1.807, 2.05) is 13.8 Å². The molecule has 0 radical (unpaired) electrons. The second kappa shape index (κ2) is 7.43. The van der Waals surface area contributed by atoms with Gasteiger partial charge in [-0.25, -0.2) is 4.98 Å². The average molecular weight is 377 g/mol. The van der Waals surface area contributed by atoms with Gasteiger partial charge in [0.05, 0.1) is 37.0 Å². The van der Waals surface area contributed by atoms with Crippen molar-refractivity contribution in [2.75, 3.05) is 31.2 Å². The monoisotopic (exact) mass is 377 g/mol. The third-order valence-corrected chi connectivity index (χ3v) is 5.77. The van der Waals surface area contributed by atoms with Gasteiger partial charge < -0.3 is 19.4 Å². The first-order valence-corrected chi connectivity index (χ1v) is 9.55. The number of hydrogen-bond acceptors (Lipinski definition) is 7. The largest absolute Gasteiger partial charge is 0.549 e. The van der Waals surface area contributed by atoms with Gasteiger partial charge in [-0.15, -0.1) is 0 Å². The lowest BCUT2D eigenvalue weighted by Gasteiger charge is -2.34. The SMILES string of the molecule is C[C@@H](Sc1[nH+]c(N2CCOCC2)c2c(c1C#N)CC(C)(C)OC2)C(=O)[O-]. The molecule has 0 spiro atoms. The van der Waals surface area contributed by atoms with Crippen LogP contribution in [0.5, 0.6) is 0 Å². The number of carboxylic acid groups (broad SMARTS) is 1. The third-order valence-electron chi connectivity index (χ3n) is 4.69. The van der Waals surface area contributed by atoms with Crippen molar-refractivity contribution < 1.29 is 24.4 Å². The molecule has 1 fully saturated rings. The van der Waals surface area contributed by atoms with Crippen LogP contribution < -0.4 is 15.0 Å². The molecule has 1 atom stereocenters. The summed E-state index contributed by atoms with van der Waals surface area (Å²) in [5.41, 5.74) is 2.06. The van der Waals surface area contributed by atoms with E-state index in [2.05, 4.69) is 16.0 Å². The summed E-state index contributed by atoms with van der Waals surface area (Å²) in [7, 11) is 0. The van der Waals surface area contributed by atoms with Crippen molar-refractivity contribution in [3.8, 4) is 6.07 Å². The minimum absolute atomic E-state index is 0.371. The van der Waals surface area contributed by atoms with Crippen LogP contribution in [0.4, 0.5) is 5.82 Å². The molecule has 0 bridgehead atoms. The molecule has 8 heteroatoms. The van der Waals surface area contributed by atoms with Crippen LogP contribution in [0.2, 0.25) is 0 Å². The van der Waals surface area contributed by atoms with Gasteiger partial charge >= 0.3 is 0 Å². The van der Waals surface area contributed by atoms with Crippen LogP contribution in [0.1, 0.15) is 37.5 Å². The Labute approximate surface area is 157 Å². The molecule has 0 amide bonds. The van der Waals surface area contributed by atoms with E-state index in [-0.39, 0.29) is 5.60 Å². The molecule has 3 rings (SSSR count). The van der Waals surface area contributed by atoms with Gasteiger partial charge in [-0.2, -0.15) is 5.26 Å². The molecule has 3 heterocycles. The summed E-state index contributed by atoms with van der Waals surface area (Å²) >= 11 is 1.12. The number of pyridine rings is 1. The molecular formula is C18H23N3O4S. The van der Waals surface area contributed by atoms with E-state index in [0.717, 1.165) is 41.8 Å². The van der Waals surface area contributed by atoms with Crippen LogP contribution in [-0.2, 0) is 27.3 Å². The fourth-order valence-electron chi connectivity index (χ4n) is 3.26. The smallest absolute Gasteiger partial charge is 0.281 e. The van der Waals surface area contributed by atoms with E-state index < -0.39 is 11.2 Å². The first-order chi connectivity index (χ1) is 12.3. The topological polar surface area (TPSA) is 99.8 Å². The molecule has 26 heavy (non-hydrogen) atoms. The van der Waals surface area contributed by atoms with Gasteiger partial charge in [0.15, 0.2) is 5.03 Å². The normalized spacial score (nSPS) is 20.2. The van der Waals surface area contributed by atoms with E-state index in [0.29, 0.717) is 36.8 Å². The number of aromatic nitrogens is 1. The second-order valence-electron chi connectivity index (χ2n) is 7.15. The molecule has 2 aliphatic rings. The highest BCUT2D eigenvalue weighted by atomic mass is 32.2. The number of H-pyrrole nitrogens is 1. The van der Waals surface area contributed by atoms with Crippen LogP contribution in [-0.4, -0.2) is 43.1 Å². The number of nitrogens with one attached hydrogen (secondary N) is 1. The number of carbonyl (C=O) groups is 1. The van der Waals surface area contributed by atoms with Gasteiger partial charge in [0, 0.05) is 11.7 Å². The lowest BCUT2D eigenvalue weighted by molar-refractivity contribution is -0.415. The molecule has 140 valence electrons. The van der Waals surface area contributed by atoms with Crippen LogP contribution in [0.3, 0.4) is 0 Å². The van der Waals surface area contributed by atoms with Crippen molar-refractivity contribution >= 4 is 23.5 Å². The number of nitrogens with zero attached hydrogens (tertiary/aromatic N) is 2. The highest BCUT2D eigenvalue weighted by Crippen LogP contribution is 2.37. The zero-order valence-electron chi connectivity index (χ0n) is 15.3. The Morgan fingerprint density at radius 3 is 2.69 bits per heavy atom.